The van der Waals surface area contributed by atoms with Crippen LogP contribution in [0.2, 0.25) is 0 Å². The van der Waals surface area contributed by atoms with Gasteiger partial charge >= 0.3 is 12.5 Å². The molecule has 2 N–H and O–H groups in total. The van der Waals surface area contributed by atoms with Crippen LogP contribution in [0.1, 0.15) is 43.1 Å². The van der Waals surface area contributed by atoms with Crippen LogP contribution in [-0.2, 0) is 6.42 Å². The van der Waals surface area contributed by atoms with Crippen LogP contribution in [0.15, 0.2) is 42.5 Å². The molecule has 5 rings (SSSR count). The van der Waals surface area contributed by atoms with E-state index in [9.17, 15) is 26.3 Å². The lowest BCUT2D eigenvalue weighted by Gasteiger charge is -2.42. The first-order chi connectivity index (χ1) is 17.9. The summed E-state index contributed by atoms with van der Waals surface area (Å²) in [6.45, 7) is 4.96. The Morgan fingerprint density at radius 2 is 1.79 bits per heavy atom. The molecular weight excluding hydrogens is 510 g/mol. The zero-order valence-corrected chi connectivity index (χ0v) is 21.1. The van der Waals surface area contributed by atoms with E-state index in [1.54, 1.807) is 19.1 Å². The minimum atomic E-state index is -5.01. The van der Waals surface area contributed by atoms with Crippen molar-refractivity contribution in [2.75, 3.05) is 31.5 Å². The number of hydrogen-bond donors (Lipinski definition) is 2. The van der Waals surface area contributed by atoms with E-state index in [-0.39, 0.29) is 11.6 Å². The van der Waals surface area contributed by atoms with Crippen LogP contribution in [-0.4, -0.2) is 65.6 Å². The fourth-order valence-corrected chi connectivity index (χ4v) is 5.75. The molecule has 5 nitrogen and oxygen atoms in total. The molecule has 1 fully saturated rings. The monoisotopic (exact) mass is 540 g/mol. The smallest absolute Gasteiger partial charge is 0.405 e. The van der Waals surface area contributed by atoms with Gasteiger partial charge in [-0.05, 0) is 44.0 Å². The molecule has 0 aliphatic carbocycles. The Morgan fingerprint density at radius 1 is 1.05 bits per heavy atom. The normalized spacial score (nSPS) is 21.4. The number of halogens is 6. The molecule has 3 aromatic rings. The standard InChI is InChI=1S/C27H30F6N4O/c1-3-10-36-13-18(14-36)34-17-8-9-20(23(12-17)38-27(31,32)33)25-24-21(19-6-4-5-7-22(19)35-24)11-16(2)37(25)15-26(28,29)30/h4-9,12,16,18,25,34-35H,3,10-11,13-15H2,1-2H3/t16-,25-/m1/s1. The van der Waals surface area contributed by atoms with Gasteiger partial charge in [0.15, 0.2) is 0 Å². The van der Waals surface area contributed by atoms with Gasteiger partial charge in [0.25, 0.3) is 0 Å². The van der Waals surface area contributed by atoms with Crippen LogP contribution in [0, 0.1) is 0 Å². The minimum absolute atomic E-state index is 0.0256. The van der Waals surface area contributed by atoms with Crippen molar-refractivity contribution in [1.82, 2.24) is 14.8 Å². The first-order valence-electron chi connectivity index (χ1n) is 12.7. The second kappa shape index (κ2) is 10.00. The van der Waals surface area contributed by atoms with Gasteiger partial charge in [-0.25, -0.2) is 0 Å². The Balaban J connectivity index is 1.58. The first kappa shape index (κ1) is 26.7. The second-order valence-corrected chi connectivity index (χ2v) is 10.2. The maximum absolute atomic E-state index is 13.7. The third-order valence-electron chi connectivity index (χ3n) is 7.28. The molecule has 1 saturated heterocycles. The van der Waals surface area contributed by atoms with E-state index in [2.05, 4.69) is 26.9 Å². The number of benzene rings is 2. The summed E-state index contributed by atoms with van der Waals surface area (Å²) in [5, 5.41) is 4.08. The highest BCUT2D eigenvalue weighted by Crippen LogP contribution is 2.46. The summed E-state index contributed by atoms with van der Waals surface area (Å²) < 4.78 is 86.3. The Bertz CT molecular complexity index is 1280. The number of aromatic nitrogens is 1. The maximum atomic E-state index is 13.7. The fourth-order valence-electron chi connectivity index (χ4n) is 5.75. The van der Waals surface area contributed by atoms with Gasteiger partial charge in [-0.3, -0.25) is 9.80 Å². The zero-order valence-electron chi connectivity index (χ0n) is 21.1. The van der Waals surface area contributed by atoms with Crippen LogP contribution < -0.4 is 10.1 Å². The van der Waals surface area contributed by atoms with Crippen molar-refractivity contribution in [2.45, 2.75) is 57.4 Å². The molecule has 3 heterocycles. The predicted octanol–water partition coefficient (Wildman–Crippen LogP) is 6.47. The lowest BCUT2D eigenvalue weighted by molar-refractivity contribution is -0.275. The van der Waals surface area contributed by atoms with Gasteiger partial charge in [0.1, 0.15) is 5.75 Å². The van der Waals surface area contributed by atoms with E-state index >= 15 is 0 Å². The van der Waals surface area contributed by atoms with Crippen molar-refractivity contribution < 1.29 is 31.1 Å². The molecule has 38 heavy (non-hydrogen) atoms. The van der Waals surface area contributed by atoms with Gasteiger partial charge in [-0.1, -0.05) is 31.2 Å². The fraction of sp³-hybridized carbons (Fsp3) is 0.481. The molecular formula is C27H30F6N4O. The molecule has 1 aromatic heterocycles. The number of H-pyrrole nitrogens is 1. The van der Waals surface area contributed by atoms with Crippen molar-refractivity contribution in [3.63, 3.8) is 0 Å². The van der Waals surface area contributed by atoms with E-state index in [0.29, 0.717) is 17.8 Å². The Labute approximate surface area is 216 Å². The summed E-state index contributed by atoms with van der Waals surface area (Å²) in [6, 6.07) is 10.0. The summed E-state index contributed by atoms with van der Waals surface area (Å²) in [5.41, 5.74) is 2.44. The van der Waals surface area contributed by atoms with Gasteiger partial charge in [0.2, 0.25) is 0 Å². The Hall–Kier alpha value is -2.92. The minimum Gasteiger partial charge on any atom is -0.405 e. The van der Waals surface area contributed by atoms with E-state index in [1.165, 1.54) is 17.0 Å². The number of nitrogens with zero attached hydrogens (tertiary/aromatic N) is 2. The van der Waals surface area contributed by atoms with Crippen LogP contribution in [0.3, 0.4) is 0 Å². The topological polar surface area (TPSA) is 43.5 Å². The van der Waals surface area contributed by atoms with E-state index in [1.807, 2.05) is 18.2 Å². The van der Waals surface area contributed by atoms with E-state index in [4.69, 9.17) is 0 Å². The molecule has 0 amide bonds. The van der Waals surface area contributed by atoms with Gasteiger partial charge in [-0.15, -0.1) is 13.2 Å². The Kier molecular flexibility index (Phi) is 7.02. The number of para-hydroxylation sites is 1. The highest BCUT2D eigenvalue weighted by atomic mass is 19.4. The number of fused-ring (bicyclic) bond motifs is 3. The number of likely N-dealkylation sites (tertiary alicyclic amines) is 1. The summed E-state index contributed by atoms with van der Waals surface area (Å²) in [6.07, 6.45) is -8.22. The lowest BCUT2D eigenvalue weighted by atomic mass is 9.88. The highest BCUT2D eigenvalue weighted by Gasteiger charge is 2.44. The number of rotatable bonds is 7. The molecule has 0 spiro atoms. The number of hydrogen-bond acceptors (Lipinski definition) is 4. The Morgan fingerprint density at radius 3 is 2.47 bits per heavy atom. The van der Waals surface area contributed by atoms with Gasteiger partial charge in [0, 0.05) is 53.0 Å². The number of aromatic amines is 1. The summed E-state index contributed by atoms with van der Waals surface area (Å²) in [5.74, 6) is -0.511. The third kappa shape index (κ3) is 5.58. The van der Waals surface area contributed by atoms with Crippen molar-refractivity contribution in [3.8, 4) is 5.75 Å². The average Bonchev–Trinajstić information content (AvgIpc) is 3.15. The molecule has 2 aliphatic rings. The molecule has 11 heteroatoms. The zero-order chi connectivity index (χ0) is 27.2. The molecule has 2 aliphatic heterocycles. The van der Waals surface area contributed by atoms with Gasteiger partial charge in [-0.2, -0.15) is 13.2 Å². The summed E-state index contributed by atoms with van der Waals surface area (Å²) >= 11 is 0. The summed E-state index contributed by atoms with van der Waals surface area (Å²) in [7, 11) is 0. The van der Waals surface area contributed by atoms with Gasteiger partial charge in [0.05, 0.1) is 18.6 Å². The number of alkyl halides is 6. The van der Waals surface area contributed by atoms with Crippen molar-refractivity contribution in [1.29, 1.82) is 0 Å². The van der Waals surface area contributed by atoms with Crippen molar-refractivity contribution >= 4 is 16.6 Å². The van der Waals surface area contributed by atoms with Gasteiger partial charge < -0.3 is 15.0 Å². The van der Waals surface area contributed by atoms with Crippen molar-refractivity contribution in [3.05, 3.63) is 59.3 Å². The van der Waals surface area contributed by atoms with Crippen LogP contribution in [0.4, 0.5) is 32.0 Å². The maximum Gasteiger partial charge on any atom is 0.573 e. The lowest BCUT2D eigenvalue weighted by Crippen LogP contribution is -2.54. The van der Waals surface area contributed by atoms with E-state index in [0.717, 1.165) is 42.5 Å². The van der Waals surface area contributed by atoms with Crippen LogP contribution in [0.25, 0.3) is 10.9 Å². The number of ether oxygens (including phenoxy) is 1. The molecule has 2 atom stereocenters. The third-order valence-corrected chi connectivity index (χ3v) is 7.28. The first-order valence-corrected chi connectivity index (χ1v) is 12.7. The molecule has 0 saturated carbocycles. The van der Waals surface area contributed by atoms with Crippen LogP contribution in [0.5, 0.6) is 5.75 Å². The molecule has 2 aromatic carbocycles. The largest absolute Gasteiger partial charge is 0.573 e. The predicted molar refractivity (Wildman–Crippen MR) is 133 cm³/mol. The molecule has 0 radical (unpaired) electrons. The van der Waals surface area contributed by atoms with Crippen molar-refractivity contribution in [2.24, 2.45) is 0 Å². The number of nitrogens with one attached hydrogen (secondary N) is 2. The quantitative estimate of drug-likeness (QED) is 0.337. The number of anilines is 1. The molecule has 0 bridgehead atoms. The molecule has 206 valence electrons. The summed E-state index contributed by atoms with van der Waals surface area (Å²) in [4.78, 5) is 6.64. The average molecular weight is 541 g/mol. The second-order valence-electron chi connectivity index (χ2n) is 10.2. The molecule has 0 unspecified atom stereocenters. The van der Waals surface area contributed by atoms with Crippen LogP contribution >= 0.6 is 0 Å². The highest BCUT2D eigenvalue weighted by molar-refractivity contribution is 5.85. The SMILES string of the molecule is CCCN1CC(Nc2ccc([C@@H]3c4[nH]c5ccccc5c4C[C@@H](C)N3CC(F)(F)F)c(OC(F)(F)F)c2)C1. The van der Waals surface area contributed by atoms with E-state index < -0.39 is 36.9 Å².